The molecule has 0 atom stereocenters. The Bertz CT molecular complexity index is 1100. The van der Waals surface area contributed by atoms with Gasteiger partial charge in [-0.15, -0.1) is 5.10 Å². The lowest BCUT2D eigenvalue weighted by Gasteiger charge is -2.10. The second kappa shape index (κ2) is 7.98. The first kappa shape index (κ1) is 17.8. The van der Waals surface area contributed by atoms with Crippen molar-refractivity contribution in [1.29, 1.82) is 0 Å². The number of benzene rings is 1. The fraction of sp³-hybridized carbons (Fsp3) is 0.0500. The standard InChI is InChI=1S/C20H15ClN6O/c21-16-7-1-2-8-17(16)27-19(15-6-4-10-23-13-15)18(25-26-27)20(28)24-12-14-5-3-9-22-11-14/h1-11,13H,12H2,(H,24,28). The minimum Gasteiger partial charge on any atom is -0.346 e. The molecule has 0 aliphatic carbocycles. The molecule has 28 heavy (non-hydrogen) atoms. The molecule has 0 spiro atoms. The molecular formula is C20H15ClN6O. The van der Waals surface area contributed by atoms with Crippen LogP contribution < -0.4 is 5.32 Å². The minimum absolute atomic E-state index is 0.191. The molecule has 0 radical (unpaired) electrons. The van der Waals surface area contributed by atoms with Crippen LogP contribution in [-0.2, 0) is 6.54 Å². The van der Waals surface area contributed by atoms with Crippen LogP contribution in [0.25, 0.3) is 16.9 Å². The molecule has 7 nitrogen and oxygen atoms in total. The lowest BCUT2D eigenvalue weighted by Crippen LogP contribution is -2.24. The number of nitrogens with zero attached hydrogens (tertiary/aromatic N) is 5. The predicted molar refractivity (Wildman–Crippen MR) is 105 cm³/mol. The van der Waals surface area contributed by atoms with Crippen LogP contribution in [-0.4, -0.2) is 30.9 Å². The number of hydrogen-bond acceptors (Lipinski definition) is 5. The summed E-state index contributed by atoms with van der Waals surface area (Å²) in [4.78, 5) is 21.0. The minimum atomic E-state index is -0.346. The summed E-state index contributed by atoms with van der Waals surface area (Å²) in [5.41, 5.74) is 2.93. The molecule has 8 heteroatoms. The molecule has 3 aromatic heterocycles. The topological polar surface area (TPSA) is 85.6 Å². The summed E-state index contributed by atoms with van der Waals surface area (Å²) in [6, 6.07) is 14.6. The third kappa shape index (κ3) is 3.60. The molecule has 0 saturated carbocycles. The fourth-order valence-electron chi connectivity index (χ4n) is 2.76. The molecule has 0 fully saturated rings. The van der Waals surface area contributed by atoms with Crippen molar-refractivity contribution in [3.8, 4) is 16.9 Å². The van der Waals surface area contributed by atoms with E-state index in [-0.39, 0.29) is 11.6 Å². The van der Waals surface area contributed by atoms with Crippen molar-refractivity contribution in [1.82, 2.24) is 30.3 Å². The van der Waals surface area contributed by atoms with E-state index in [1.165, 1.54) is 0 Å². The van der Waals surface area contributed by atoms with Gasteiger partial charge in [0.2, 0.25) is 0 Å². The van der Waals surface area contributed by atoms with Crippen molar-refractivity contribution in [3.05, 3.63) is 89.6 Å². The maximum Gasteiger partial charge on any atom is 0.274 e. The van der Waals surface area contributed by atoms with Gasteiger partial charge in [-0.25, -0.2) is 4.68 Å². The highest BCUT2D eigenvalue weighted by Crippen LogP contribution is 2.28. The molecule has 1 N–H and O–H groups in total. The molecule has 4 aromatic rings. The van der Waals surface area contributed by atoms with E-state index >= 15 is 0 Å². The highest BCUT2D eigenvalue weighted by molar-refractivity contribution is 6.32. The highest BCUT2D eigenvalue weighted by atomic mass is 35.5. The van der Waals surface area contributed by atoms with Gasteiger partial charge < -0.3 is 5.32 Å². The molecule has 0 aliphatic rings. The molecule has 0 aliphatic heterocycles. The van der Waals surface area contributed by atoms with E-state index < -0.39 is 0 Å². The van der Waals surface area contributed by atoms with Gasteiger partial charge in [-0.05, 0) is 35.9 Å². The van der Waals surface area contributed by atoms with Gasteiger partial charge in [0.15, 0.2) is 5.69 Å². The molecule has 3 heterocycles. The third-order valence-electron chi connectivity index (χ3n) is 4.08. The molecule has 138 valence electrons. The lowest BCUT2D eigenvalue weighted by molar-refractivity contribution is 0.0946. The fourth-order valence-corrected chi connectivity index (χ4v) is 2.97. The van der Waals surface area contributed by atoms with E-state index in [2.05, 4.69) is 25.6 Å². The van der Waals surface area contributed by atoms with Crippen molar-refractivity contribution in [2.45, 2.75) is 6.54 Å². The number of halogens is 1. The number of pyridine rings is 2. The van der Waals surface area contributed by atoms with E-state index in [1.807, 2.05) is 36.4 Å². The first-order chi connectivity index (χ1) is 13.7. The quantitative estimate of drug-likeness (QED) is 0.565. The second-order valence-corrected chi connectivity index (χ2v) is 6.34. The van der Waals surface area contributed by atoms with E-state index in [1.54, 1.807) is 41.6 Å². The van der Waals surface area contributed by atoms with Crippen LogP contribution in [0.15, 0.2) is 73.3 Å². The van der Waals surface area contributed by atoms with Gasteiger partial charge >= 0.3 is 0 Å². The average molecular weight is 391 g/mol. The van der Waals surface area contributed by atoms with Gasteiger partial charge in [-0.1, -0.05) is 35.0 Å². The maximum atomic E-state index is 12.8. The molecule has 0 bridgehead atoms. The zero-order valence-electron chi connectivity index (χ0n) is 14.7. The van der Waals surface area contributed by atoms with Gasteiger partial charge in [0.25, 0.3) is 5.91 Å². The lowest BCUT2D eigenvalue weighted by atomic mass is 10.1. The van der Waals surface area contributed by atoms with E-state index in [0.717, 1.165) is 5.56 Å². The van der Waals surface area contributed by atoms with Crippen LogP contribution in [0, 0.1) is 0 Å². The van der Waals surface area contributed by atoms with E-state index in [9.17, 15) is 4.79 Å². The van der Waals surface area contributed by atoms with Crippen LogP contribution in [0.4, 0.5) is 0 Å². The van der Waals surface area contributed by atoms with Crippen LogP contribution >= 0.6 is 11.6 Å². The third-order valence-corrected chi connectivity index (χ3v) is 4.40. The number of amides is 1. The van der Waals surface area contributed by atoms with Gasteiger partial charge in [-0.2, -0.15) is 0 Å². The van der Waals surface area contributed by atoms with E-state index in [4.69, 9.17) is 11.6 Å². The Balaban J connectivity index is 1.73. The smallest absolute Gasteiger partial charge is 0.274 e. The number of nitrogens with one attached hydrogen (secondary N) is 1. The summed E-state index contributed by atoms with van der Waals surface area (Å²) >= 11 is 6.34. The molecule has 1 aromatic carbocycles. The van der Waals surface area contributed by atoms with Crippen molar-refractivity contribution >= 4 is 17.5 Å². The van der Waals surface area contributed by atoms with Crippen molar-refractivity contribution in [2.24, 2.45) is 0 Å². The molecule has 1 amide bonds. The molecular weight excluding hydrogens is 376 g/mol. The SMILES string of the molecule is O=C(NCc1cccnc1)c1nnn(-c2ccccc2Cl)c1-c1cccnc1. The summed E-state index contributed by atoms with van der Waals surface area (Å²) < 4.78 is 1.55. The zero-order valence-corrected chi connectivity index (χ0v) is 15.4. The monoisotopic (exact) mass is 390 g/mol. The largest absolute Gasteiger partial charge is 0.346 e. The Labute approximate surface area is 166 Å². The van der Waals surface area contributed by atoms with Gasteiger partial charge in [0.05, 0.1) is 10.7 Å². The van der Waals surface area contributed by atoms with Crippen molar-refractivity contribution < 1.29 is 4.79 Å². The normalized spacial score (nSPS) is 10.6. The first-order valence-electron chi connectivity index (χ1n) is 8.52. The van der Waals surface area contributed by atoms with Crippen LogP contribution in [0.2, 0.25) is 5.02 Å². The van der Waals surface area contributed by atoms with Crippen LogP contribution in [0.1, 0.15) is 16.1 Å². The summed E-state index contributed by atoms with van der Waals surface area (Å²) in [6.07, 6.45) is 6.70. The number of carbonyl (C=O) groups is 1. The first-order valence-corrected chi connectivity index (χ1v) is 8.90. The zero-order chi connectivity index (χ0) is 19.3. The molecule has 4 rings (SSSR count). The summed E-state index contributed by atoms with van der Waals surface area (Å²) in [7, 11) is 0. The number of rotatable bonds is 5. The number of hydrogen-bond donors (Lipinski definition) is 1. The second-order valence-electron chi connectivity index (χ2n) is 5.94. The van der Waals surface area contributed by atoms with Gasteiger partial charge in [-0.3, -0.25) is 14.8 Å². The Kier molecular flexibility index (Phi) is 5.07. The van der Waals surface area contributed by atoms with Crippen molar-refractivity contribution in [2.75, 3.05) is 0 Å². The number of para-hydroxylation sites is 1. The van der Waals surface area contributed by atoms with Crippen LogP contribution in [0.5, 0.6) is 0 Å². The Morgan fingerprint density at radius 2 is 1.79 bits per heavy atom. The average Bonchev–Trinajstić information content (AvgIpc) is 3.19. The number of carbonyl (C=O) groups excluding carboxylic acids is 1. The Morgan fingerprint density at radius 3 is 2.50 bits per heavy atom. The Morgan fingerprint density at radius 1 is 1.00 bits per heavy atom. The molecule has 0 saturated heterocycles. The van der Waals surface area contributed by atoms with Crippen molar-refractivity contribution in [3.63, 3.8) is 0 Å². The predicted octanol–water partition coefficient (Wildman–Crippen LogP) is 3.31. The summed E-state index contributed by atoms with van der Waals surface area (Å²) in [6.45, 7) is 0.331. The van der Waals surface area contributed by atoms with Gasteiger partial charge in [0, 0.05) is 36.9 Å². The van der Waals surface area contributed by atoms with Gasteiger partial charge in [0.1, 0.15) is 5.69 Å². The highest BCUT2D eigenvalue weighted by Gasteiger charge is 2.23. The van der Waals surface area contributed by atoms with E-state index in [0.29, 0.717) is 28.5 Å². The maximum absolute atomic E-state index is 12.8. The summed E-state index contributed by atoms with van der Waals surface area (Å²) in [5.74, 6) is -0.346. The Hall–Kier alpha value is -3.58. The van der Waals surface area contributed by atoms with Crippen LogP contribution in [0.3, 0.4) is 0 Å². The number of aromatic nitrogens is 5. The summed E-state index contributed by atoms with van der Waals surface area (Å²) in [5, 5.41) is 11.7. The molecule has 0 unspecified atom stereocenters.